The summed E-state index contributed by atoms with van der Waals surface area (Å²) >= 11 is 1.83. The van der Waals surface area contributed by atoms with Crippen LogP contribution in [0.5, 0.6) is 0 Å². The molecule has 0 amide bonds. The molecule has 1 rings (SSSR count). The van der Waals surface area contributed by atoms with Crippen molar-refractivity contribution in [1.29, 1.82) is 0 Å². The zero-order valence-corrected chi connectivity index (χ0v) is 11.5. The summed E-state index contributed by atoms with van der Waals surface area (Å²) in [4.78, 5) is 1.38. The lowest BCUT2D eigenvalue weighted by molar-refractivity contribution is 0.586. The van der Waals surface area contributed by atoms with Crippen LogP contribution in [0.15, 0.2) is 23.1 Å². The molecule has 1 aromatic rings. The predicted molar refractivity (Wildman–Crippen MR) is 71.0 cm³/mol. The summed E-state index contributed by atoms with van der Waals surface area (Å²) in [6.45, 7) is 11.3. The second-order valence-electron chi connectivity index (χ2n) is 5.40. The summed E-state index contributed by atoms with van der Waals surface area (Å²) in [5, 5.41) is 0. The van der Waals surface area contributed by atoms with Gasteiger partial charge in [0.1, 0.15) is 0 Å². The molecule has 0 fully saturated rings. The van der Waals surface area contributed by atoms with E-state index < -0.39 is 0 Å². The predicted octanol–water partition coefficient (Wildman–Crippen LogP) is 4.83. The molecule has 84 valence electrons. The van der Waals surface area contributed by atoms with Gasteiger partial charge < -0.3 is 0 Å². The van der Waals surface area contributed by atoms with Crippen LogP contribution in [-0.4, -0.2) is 6.26 Å². The van der Waals surface area contributed by atoms with Gasteiger partial charge in [-0.2, -0.15) is 0 Å². The summed E-state index contributed by atoms with van der Waals surface area (Å²) in [7, 11) is 0. The van der Waals surface area contributed by atoms with Gasteiger partial charge in [0.05, 0.1) is 0 Å². The fourth-order valence-corrected chi connectivity index (χ4v) is 2.01. The van der Waals surface area contributed by atoms with E-state index in [9.17, 15) is 0 Å². The molecule has 0 bridgehead atoms. The largest absolute Gasteiger partial charge is 0.130 e. The third-order valence-corrected chi connectivity index (χ3v) is 3.40. The van der Waals surface area contributed by atoms with Crippen molar-refractivity contribution in [2.45, 2.75) is 50.8 Å². The normalized spacial score (nSPS) is 12.2. The van der Waals surface area contributed by atoms with Gasteiger partial charge in [-0.3, -0.25) is 0 Å². The van der Waals surface area contributed by atoms with Crippen molar-refractivity contribution in [3.05, 3.63) is 29.3 Å². The summed E-state index contributed by atoms with van der Waals surface area (Å²) in [6.07, 6.45) is 2.14. The average Bonchev–Trinajstić information content (AvgIpc) is 2.15. The third kappa shape index (κ3) is 3.27. The first-order valence-electron chi connectivity index (χ1n) is 5.54. The highest BCUT2D eigenvalue weighted by atomic mass is 32.2. The van der Waals surface area contributed by atoms with E-state index in [0.29, 0.717) is 5.92 Å². The van der Waals surface area contributed by atoms with Crippen molar-refractivity contribution < 1.29 is 0 Å². The fourth-order valence-electron chi connectivity index (χ4n) is 1.51. The van der Waals surface area contributed by atoms with Gasteiger partial charge in [-0.1, -0.05) is 40.7 Å². The van der Waals surface area contributed by atoms with Crippen LogP contribution < -0.4 is 0 Å². The van der Waals surface area contributed by atoms with Crippen molar-refractivity contribution >= 4 is 11.8 Å². The Bertz CT molecular complexity index is 332. The number of hydrogen-bond donors (Lipinski definition) is 0. The highest BCUT2D eigenvalue weighted by Gasteiger charge is 2.15. The molecular formula is C14H22S. The van der Waals surface area contributed by atoms with E-state index in [2.05, 4.69) is 59.1 Å². The van der Waals surface area contributed by atoms with E-state index in [0.717, 1.165) is 0 Å². The van der Waals surface area contributed by atoms with Crippen LogP contribution in [0.2, 0.25) is 0 Å². The van der Waals surface area contributed by atoms with E-state index >= 15 is 0 Å². The van der Waals surface area contributed by atoms with E-state index in [1.165, 1.54) is 16.0 Å². The molecule has 0 aliphatic carbocycles. The summed E-state index contributed by atoms with van der Waals surface area (Å²) in [5.41, 5.74) is 3.14. The minimum atomic E-state index is 0.245. The SMILES string of the molecule is CSc1cc(C(C)C)cc(C(C)(C)C)c1. The van der Waals surface area contributed by atoms with Crippen molar-refractivity contribution in [1.82, 2.24) is 0 Å². The summed E-state index contributed by atoms with van der Waals surface area (Å²) < 4.78 is 0. The first-order chi connectivity index (χ1) is 6.84. The molecule has 0 aliphatic rings. The molecule has 0 aromatic heterocycles. The summed E-state index contributed by atoms with van der Waals surface area (Å²) in [5.74, 6) is 0.609. The standard InChI is InChI=1S/C14H22S/c1-10(2)11-7-12(14(3,4)5)9-13(8-11)15-6/h7-10H,1-6H3. The van der Waals surface area contributed by atoms with Crippen LogP contribution in [0, 0.1) is 0 Å². The van der Waals surface area contributed by atoms with E-state index in [1.807, 2.05) is 11.8 Å². The molecule has 0 saturated heterocycles. The van der Waals surface area contributed by atoms with Crippen molar-refractivity contribution in [2.24, 2.45) is 0 Å². The number of thioether (sulfide) groups is 1. The first kappa shape index (κ1) is 12.6. The maximum atomic E-state index is 2.35. The lowest BCUT2D eigenvalue weighted by Gasteiger charge is -2.22. The lowest BCUT2D eigenvalue weighted by atomic mass is 9.85. The second-order valence-corrected chi connectivity index (χ2v) is 6.28. The molecule has 0 spiro atoms. The number of hydrogen-bond acceptors (Lipinski definition) is 1. The Morgan fingerprint density at radius 1 is 1.07 bits per heavy atom. The molecule has 0 unspecified atom stereocenters. The lowest BCUT2D eigenvalue weighted by Crippen LogP contribution is -2.11. The Balaban J connectivity index is 3.23. The Morgan fingerprint density at radius 3 is 2.07 bits per heavy atom. The topological polar surface area (TPSA) is 0 Å². The molecule has 0 N–H and O–H groups in total. The molecule has 1 aromatic carbocycles. The maximum absolute atomic E-state index is 2.35. The molecule has 0 heterocycles. The van der Waals surface area contributed by atoms with Gasteiger partial charge in [0.2, 0.25) is 0 Å². The first-order valence-corrected chi connectivity index (χ1v) is 6.76. The summed E-state index contributed by atoms with van der Waals surface area (Å²) in [6, 6.07) is 6.98. The van der Waals surface area contributed by atoms with Crippen LogP contribution in [0.1, 0.15) is 51.7 Å². The molecular weight excluding hydrogens is 200 g/mol. The van der Waals surface area contributed by atoms with Crippen LogP contribution >= 0.6 is 11.8 Å². The van der Waals surface area contributed by atoms with Crippen LogP contribution in [0.4, 0.5) is 0 Å². The number of rotatable bonds is 2. The smallest absolute Gasteiger partial charge is 0.00749 e. The molecule has 0 saturated carbocycles. The van der Waals surface area contributed by atoms with Gasteiger partial charge in [0, 0.05) is 4.90 Å². The van der Waals surface area contributed by atoms with Gasteiger partial charge in [0.25, 0.3) is 0 Å². The van der Waals surface area contributed by atoms with Gasteiger partial charge in [-0.25, -0.2) is 0 Å². The molecule has 0 radical (unpaired) electrons. The quantitative estimate of drug-likeness (QED) is 0.646. The zero-order chi connectivity index (χ0) is 11.6. The van der Waals surface area contributed by atoms with Gasteiger partial charge in [-0.05, 0) is 40.8 Å². The average molecular weight is 222 g/mol. The van der Waals surface area contributed by atoms with Crippen LogP contribution in [0.25, 0.3) is 0 Å². The van der Waals surface area contributed by atoms with Crippen LogP contribution in [-0.2, 0) is 5.41 Å². The zero-order valence-electron chi connectivity index (χ0n) is 10.7. The van der Waals surface area contributed by atoms with Crippen LogP contribution in [0.3, 0.4) is 0 Å². The van der Waals surface area contributed by atoms with Gasteiger partial charge in [0.15, 0.2) is 0 Å². The van der Waals surface area contributed by atoms with E-state index in [1.54, 1.807) is 0 Å². The fraction of sp³-hybridized carbons (Fsp3) is 0.571. The van der Waals surface area contributed by atoms with E-state index in [4.69, 9.17) is 0 Å². The van der Waals surface area contributed by atoms with Crippen molar-refractivity contribution in [3.8, 4) is 0 Å². The minimum absolute atomic E-state index is 0.245. The number of benzene rings is 1. The maximum Gasteiger partial charge on any atom is 0.00749 e. The molecule has 15 heavy (non-hydrogen) atoms. The van der Waals surface area contributed by atoms with E-state index in [-0.39, 0.29) is 5.41 Å². The molecule has 0 aliphatic heterocycles. The Kier molecular flexibility index (Phi) is 3.88. The molecule has 1 heteroatoms. The monoisotopic (exact) mass is 222 g/mol. The Labute approximate surface area is 98.5 Å². The highest BCUT2D eigenvalue weighted by Crippen LogP contribution is 2.30. The third-order valence-electron chi connectivity index (χ3n) is 2.70. The van der Waals surface area contributed by atoms with Crippen molar-refractivity contribution in [3.63, 3.8) is 0 Å². The second kappa shape index (κ2) is 4.61. The highest BCUT2D eigenvalue weighted by molar-refractivity contribution is 7.98. The molecule has 0 nitrogen and oxygen atoms in total. The Hall–Kier alpha value is -0.430. The minimum Gasteiger partial charge on any atom is -0.130 e. The molecule has 0 atom stereocenters. The Morgan fingerprint density at radius 2 is 1.67 bits per heavy atom. The van der Waals surface area contributed by atoms with Crippen molar-refractivity contribution in [2.75, 3.05) is 6.26 Å². The van der Waals surface area contributed by atoms with Gasteiger partial charge in [-0.15, -0.1) is 11.8 Å². The van der Waals surface area contributed by atoms with Gasteiger partial charge >= 0.3 is 0 Å².